The van der Waals surface area contributed by atoms with Gasteiger partial charge in [-0.05, 0) is 71.6 Å². The summed E-state index contributed by atoms with van der Waals surface area (Å²) in [4.78, 5) is 16.1. The zero-order valence-electron chi connectivity index (χ0n) is 12.7. The maximum atomic E-state index is 10.9. The van der Waals surface area contributed by atoms with Crippen LogP contribution in [-0.4, -0.2) is 65.2 Å². The Balaban J connectivity index is 1.60. The van der Waals surface area contributed by atoms with Gasteiger partial charge in [0.25, 0.3) is 0 Å². The fraction of sp³-hybridized carbons (Fsp3) is 0.933. The summed E-state index contributed by atoms with van der Waals surface area (Å²) < 4.78 is 0. The summed E-state index contributed by atoms with van der Waals surface area (Å²) in [6.45, 7) is 7.64. The molecule has 0 aromatic carbocycles. The quantitative estimate of drug-likeness (QED) is 0.685. The van der Waals surface area contributed by atoms with E-state index in [4.69, 9.17) is 10.8 Å². The van der Waals surface area contributed by atoms with E-state index < -0.39 is 11.5 Å². The third-order valence-electron chi connectivity index (χ3n) is 4.81. The van der Waals surface area contributed by atoms with E-state index in [0.717, 1.165) is 25.4 Å². The second kappa shape index (κ2) is 6.87. The number of aliphatic carboxylic acids is 1. The predicted octanol–water partition coefficient (Wildman–Crippen LogP) is 1.13. The van der Waals surface area contributed by atoms with Crippen LogP contribution in [0.3, 0.4) is 0 Å². The fourth-order valence-electron chi connectivity index (χ4n) is 3.35. The summed E-state index contributed by atoms with van der Waals surface area (Å²) in [6, 6.07) is 0.760. The van der Waals surface area contributed by atoms with Crippen molar-refractivity contribution in [3.8, 4) is 0 Å². The van der Waals surface area contributed by atoms with Gasteiger partial charge in [-0.15, -0.1) is 0 Å². The van der Waals surface area contributed by atoms with Crippen molar-refractivity contribution < 1.29 is 9.90 Å². The van der Waals surface area contributed by atoms with Gasteiger partial charge in [-0.2, -0.15) is 0 Å². The van der Waals surface area contributed by atoms with Crippen LogP contribution in [0.2, 0.25) is 0 Å². The van der Waals surface area contributed by atoms with Gasteiger partial charge in [0.1, 0.15) is 5.54 Å². The van der Waals surface area contributed by atoms with E-state index in [1.165, 1.54) is 45.4 Å². The number of nitrogens with two attached hydrogens (primary N) is 1. The number of likely N-dealkylation sites (tertiary alicyclic amines) is 2. The van der Waals surface area contributed by atoms with Crippen molar-refractivity contribution in [2.24, 2.45) is 5.73 Å². The lowest BCUT2D eigenvalue weighted by atomic mass is 9.96. The molecule has 2 fully saturated rings. The number of carboxylic acids is 1. The van der Waals surface area contributed by atoms with Crippen LogP contribution in [0.15, 0.2) is 0 Å². The van der Waals surface area contributed by atoms with Gasteiger partial charge in [-0.1, -0.05) is 0 Å². The van der Waals surface area contributed by atoms with Crippen LogP contribution in [0.25, 0.3) is 0 Å². The summed E-state index contributed by atoms with van der Waals surface area (Å²) >= 11 is 0. The van der Waals surface area contributed by atoms with Crippen LogP contribution in [0.4, 0.5) is 0 Å². The zero-order valence-corrected chi connectivity index (χ0v) is 12.7. The van der Waals surface area contributed by atoms with E-state index in [9.17, 15) is 4.79 Å². The van der Waals surface area contributed by atoms with Gasteiger partial charge in [0.05, 0.1) is 0 Å². The Morgan fingerprint density at radius 1 is 1.30 bits per heavy atom. The van der Waals surface area contributed by atoms with Crippen molar-refractivity contribution in [3.05, 3.63) is 0 Å². The van der Waals surface area contributed by atoms with Gasteiger partial charge < -0.3 is 15.7 Å². The molecular weight excluding hydrogens is 254 g/mol. The average molecular weight is 283 g/mol. The molecule has 3 N–H and O–H groups in total. The zero-order chi connectivity index (χ0) is 14.6. The molecule has 5 nitrogen and oxygen atoms in total. The first-order valence-corrected chi connectivity index (χ1v) is 7.98. The topological polar surface area (TPSA) is 69.8 Å². The number of nitrogens with zero attached hydrogens (tertiary/aromatic N) is 2. The maximum absolute atomic E-state index is 10.9. The van der Waals surface area contributed by atoms with Gasteiger partial charge in [-0.3, -0.25) is 9.69 Å². The Kier molecular flexibility index (Phi) is 5.41. The lowest BCUT2D eigenvalue weighted by molar-refractivity contribution is -0.142. The molecule has 5 heteroatoms. The van der Waals surface area contributed by atoms with E-state index in [2.05, 4.69) is 9.80 Å². The smallest absolute Gasteiger partial charge is 0.323 e. The van der Waals surface area contributed by atoms with Crippen molar-refractivity contribution in [2.75, 3.05) is 32.7 Å². The summed E-state index contributed by atoms with van der Waals surface area (Å²) in [5.74, 6) is -0.896. The molecule has 116 valence electrons. The summed E-state index contributed by atoms with van der Waals surface area (Å²) in [5.41, 5.74) is 4.67. The van der Waals surface area contributed by atoms with Crippen molar-refractivity contribution in [1.29, 1.82) is 0 Å². The normalized spacial score (nSPS) is 27.8. The average Bonchev–Trinajstić information content (AvgIpc) is 3.05. The number of carboxylic acid groups (broad SMARTS) is 1. The first-order valence-electron chi connectivity index (χ1n) is 7.98. The molecule has 0 aliphatic carbocycles. The van der Waals surface area contributed by atoms with E-state index in [-0.39, 0.29) is 0 Å². The van der Waals surface area contributed by atoms with Crippen molar-refractivity contribution >= 4 is 5.97 Å². The molecule has 2 unspecified atom stereocenters. The Hall–Kier alpha value is -0.650. The highest BCUT2D eigenvalue weighted by atomic mass is 16.4. The minimum Gasteiger partial charge on any atom is -0.480 e. The molecule has 2 saturated heterocycles. The lowest BCUT2D eigenvalue weighted by Gasteiger charge is -2.24. The molecule has 20 heavy (non-hydrogen) atoms. The summed E-state index contributed by atoms with van der Waals surface area (Å²) in [5, 5.41) is 8.97. The molecule has 2 aliphatic heterocycles. The lowest BCUT2D eigenvalue weighted by Crippen LogP contribution is -2.44. The molecule has 2 heterocycles. The van der Waals surface area contributed by atoms with Crippen molar-refractivity contribution in [3.63, 3.8) is 0 Å². The Morgan fingerprint density at radius 2 is 2.00 bits per heavy atom. The standard InChI is InChI=1S/C15H29N3O2/c1-15(16,14(19)20)7-2-3-8-17-11-6-13(12-17)18-9-4-5-10-18/h13H,2-12,16H2,1H3,(H,19,20). The minimum absolute atomic E-state index is 0.561. The molecular formula is C15H29N3O2. The number of rotatable bonds is 7. The van der Waals surface area contributed by atoms with E-state index in [0.29, 0.717) is 6.42 Å². The fourth-order valence-corrected chi connectivity index (χ4v) is 3.35. The second-order valence-corrected chi connectivity index (χ2v) is 6.67. The highest BCUT2D eigenvalue weighted by Gasteiger charge is 2.29. The number of unbranched alkanes of at least 4 members (excludes halogenated alkanes) is 1. The van der Waals surface area contributed by atoms with Gasteiger partial charge in [0.2, 0.25) is 0 Å². The molecule has 0 saturated carbocycles. The maximum Gasteiger partial charge on any atom is 0.323 e. The first-order chi connectivity index (χ1) is 9.49. The van der Waals surface area contributed by atoms with Crippen LogP contribution in [0.5, 0.6) is 0 Å². The molecule has 0 bridgehead atoms. The van der Waals surface area contributed by atoms with Crippen LogP contribution in [0, 0.1) is 0 Å². The van der Waals surface area contributed by atoms with E-state index in [1.807, 2.05) is 0 Å². The first kappa shape index (κ1) is 15.7. The van der Waals surface area contributed by atoms with Crippen LogP contribution >= 0.6 is 0 Å². The van der Waals surface area contributed by atoms with Gasteiger partial charge in [-0.25, -0.2) is 0 Å². The monoisotopic (exact) mass is 283 g/mol. The summed E-state index contributed by atoms with van der Waals surface area (Å²) in [7, 11) is 0. The second-order valence-electron chi connectivity index (χ2n) is 6.67. The highest BCUT2D eigenvalue weighted by molar-refractivity contribution is 5.77. The minimum atomic E-state index is -1.07. The Bertz CT molecular complexity index is 327. The Labute approximate surface area is 122 Å². The van der Waals surface area contributed by atoms with Gasteiger partial charge in [0.15, 0.2) is 0 Å². The van der Waals surface area contributed by atoms with Gasteiger partial charge >= 0.3 is 5.97 Å². The molecule has 0 amide bonds. The highest BCUT2D eigenvalue weighted by Crippen LogP contribution is 2.21. The number of carbonyl (C=O) groups is 1. The molecule has 2 rings (SSSR count). The van der Waals surface area contributed by atoms with E-state index >= 15 is 0 Å². The third kappa shape index (κ3) is 4.17. The molecule has 0 aromatic rings. The molecule has 2 atom stereocenters. The van der Waals surface area contributed by atoms with Crippen LogP contribution < -0.4 is 5.73 Å². The third-order valence-corrected chi connectivity index (χ3v) is 4.81. The van der Waals surface area contributed by atoms with Crippen LogP contribution in [-0.2, 0) is 4.79 Å². The largest absolute Gasteiger partial charge is 0.480 e. The SMILES string of the molecule is CC(N)(CCCCN1CCC(N2CCCC2)C1)C(=O)O. The molecule has 0 spiro atoms. The van der Waals surface area contributed by atoms with Gasteiger partial charge in [0, 0.05) is 12.6 Å². The van der Waals surface area contributed by atoms with E-state index in [1.54, 1.807) is 6.92 Å². The summed E-state index contributed by atoms with van der Waals surface area (Å²) in [6.07, 6.45) is 6.52. The van der Waals surface area contributed by atoms with Crippen molar-refractivity contribution in [2.45, 2.75) is 57.0 Å². The van der Waals surface area contributed by atoms with Crippen molar-refractivity contribution in [1.82, 2.24) is 9.80 Å². The molecule has 0 radical (unpaired) electrons. The molecule has 0 aromatic heterocycles. The predicted molar refractivity (Wildman–Crippen MR) is 79.7 cm³/mol. The number of hydrogen-bond donors (Lipinski definition) is 2. The van der Waals surface area contributed by atoms with Crippen LogP contribution in [0.1, 0.15) is 45.4 Å². The Morgan fingerprint density at radius 3 is 2.65 bits per heavy atom. The molecule has 2 aliphatic rings. The number of hydrogen-bond acceptors (Lipinski definition) is 4.